The monoisotopic (exact) mass is 220 g/mol. The average Bonchev–Trinajstić information content (AvgIpc) is 2.15. The Morgan fingerprint density at radius 1 is 1.50 bits per heavy atom. The zero-order chi connectivity index (χ0) is 11.5. The van der Waals surface area contributed by atoms with Crippen molar-refractivity contribution in [2.24, 2.45) is 5.92 Å². The van der Waals surface area contributed by atoms with Gasteiger partial charge in [-0.25, -0.2) is 0 Å². The molecule has 1 aliphatic rings. The van der Waals surface area contributed by atoms with Crippen molar-refractivity contribution in [3.8, 4) is 0 Å². The van der Waals surface area contributed by atoms with Crippen molar-refractivity contribution in [3.63, 3.8) is 0 Å². The predicted molar refractivity (Wildman–Crippen MR) is 61.3 cm³/mol. The zero-order valence-electron chi connectivity index (χ0n) is 9.32. The number of pyridine rings is 1. The molecule has 1 aliphatic carbocycles. The van der Waals surface area contributed by atoms with Gasteiger partial charge in [0.1, 0.15) is 0 Å². The molecular weight excluding hydrogens is 204 g/mol. The SMILES string of the molecule is CC(NC(=O)c1ccc(=O)[nH]c1)C1CCC1. The fourth-order valence-corrected chi connectivity index (χ4v) is 1.90. The second-order valence-corrected chi connectivity index (χ2v) is 4.39. The van der Waals surface area contributed by atoms with Crippen LogP contribution in [0.25, 0.3) is 0 Å². The topological polar surface area (TPSA) is 62.0 Å². The molecule has 0 aromatic carbocycles. The molecule has 16 heavy (non-hydrogen) atoms. The van der Waals surface area contributed by atoms with E-state index in [1.54, 1.807) is 6.07 Å². The molecule has 1 aromatic rings. The van der Waals surface area contributed by atoms with Crippen LogP contribution in [-0.4, -0.2) is 16.9 Å². The summed E-state index contributed by atoms with van der Waals surface area (Å²) < 4.78 is 0. The van der Waals surface area contributed by atoms with Crippen molar-refractivity contribution in [1.82, 2.24) is 10.3 Å². The molecule has 2 N–H and O–H groups in total. The second kappa shape index (κ2) is 4.51. The van der Waals surface area contributed by atoms with Gasteiger partial charge in [0.15, 0.2) is 0 Å². The van der Waals surface area contributed by atoms with Crippen LogP contribution in [-0.2, 0) is 0 Å². The highest BCUT2D eigenvalue weighted by Crippen LogP contribution is 2.29. The van der Waals surface area contributed by atoms with Crippen molar-refractivity contribution in [2.45, 2.75) is 32.2 Å². The summed E-state index contributed by atoms with van der Waals surface area (Å²) in [6, 6.07) is 3.12. The molecule has 0 bridgehead atoms. The molecular formula is C12H16N2O2. The molecule has 2 rings (SSSR count). The van der Waals surface area contributed by atoms with Crippen LogP contribution in [0.3, 0.4) is 0 Å². The van der Waals surface area contributed by atoms with E-state index in [0.29, 0.717) is 11.5 Å². The molecule has 1 amide bonds. The van der Waals surface area contributed by atoms with Gasteiger partial charge in [0, 0.05) is 18.3 Å². The first-order chi connectivity index (χ1) is 7.66. The van der Waals surface area contributed by atoms with E-state index in [4.69, 9.17) is 0 Å². The Morgan fingerprint density at radius 2 is 2.25 bits per heavy atom. The largest absolute Gasteiger partial charge is 0.349 e. The summed E-state index contributed by atoms with van der Waals surface area (Å²) in [7, 11) is 0. The number of carbonyl (C=O) groups is 1. The molecule has 86 valence electrons. The third-order valence-corrected chi connectivity index (χ3v) is 3.26. The van der Waals surface area contributed by atoms with E-state index >= 15 is 0 Å². The van der Waals surface area contributed by atoms with Crippen LogP contribution in [0, 0.1) is 5.92 Å². The van der Waals surface area contributed by atoms with Crippen LogP contribution in [0.15, 0.2) is 23.1 Å². The summed E-state index contributed by atoms with van der Waals surface area (Å²) in [5.74, 6) is 0.502. The van der Waals surface area contributed by atoms with Gasteiger partial charge in [-0.05, 0) is 31.7 Å². The summed E-state index contributed by atoms with van der Waals surface area (Å²) in [5, 5.41) is 2.96. The van der Waals surface area contributed by atoms with Crippen LogP contribution in [0.4, 0.5) is 0 Å². The van der Waals surface area contributed by atoms with Crippen molar-refractivity contribution in [1.29, 1.82) is 0 Å². The lowest BCUT2D eigenvalue weighted by Crippen LogP contribution is -2.40. The molecule has 1 heterocycles. The zero-order valence-corrected chi connectivity index (χ0v) is 9.32. The molecule has 0 aliphatic heterocycles. The standard InChI is InChI=1S/C12H16N2O2/c1-8(9-3-2-4-9)14-12(16)10-5-6-11(15)13-7-10/h5-9H,2-4H2,1H3,(H,13,15)(H,14,16). The molecule has 1 fully saturated rings. The van der Waals surface area contributed by atoms with Crippen LogP contribution < -0.4 is 10.9 Å². The minimum atomic E-state index is -0.191. The number of nitrogens with one attached hydrogen (secondary N) is 2. The van der Waals surface area contributed by atoms with E-state index < -0.39 is 0 Å². The lowest BCUT2D eigenvalue weighted by molar-refractivity contribution is 0.0909. The Bertz CT molecular complexity index is 414. The predicted octanol–water partition coefficient (Wildman–Crippen LogP) is 1.29. The maximum Gasteiger partial charge on any atom is 0.252 e. The minimum absolute atomic E-state index is 0.115. The highest BCUT2D eigenvalue weighted by molar-refractivity contribution is 5.93. The number of aromatic amines is 1. The number of hydrogen-bond donors (Lipinski definition) is 2. The maximum atomic E-state index is 11.8. The number of rotatable bonds is 3. The Kier molecular flexibility index (Phi) is 3.08. The van der Waals surface area contributed by atoms with E-state index in [1.807, 2.05) is 6.92 Å². The van der Waals surface area contributed by atoms with E-state index in [0.717, 1.165) is 0 Å². The van der Waals surface area contributed by atoms with E-state index in [-0.39, 0.29) is 17.5 Å². The fourth-order valence-electron chi connectivity index (χ4n) is 1.90. The molecule has 0 spiro atoms. The first kappa shape index (κ1) is 10.9. The van der Waals surface area contributed by atoms with Crippen molar-refractivity contribution in [2.75, 3.05) is 0 Å². The van der Waals surface area contributed by atoms with Crippen LogP contribution in [0.2, 0.25) is 0 Å². The number of hydrogen-bond acceptors (Lipinski definition) is 2. The maximum absolute atomic E-state index is 11.8. The molecule has 1 unspecified atom stereocenters. The number of aromatic nitrogens is 1. The number of carbonyl (C=O) groups excluding carboxylic acids is 1. The fraction of sp³-hybridized carbons (Fsp3) is 0.500. The second-order valence-electron chi connectivity index (χ2n) is 4.39. The van der Waals surface area contributed by atoms with Gasteiger partial charge in [-0.1, -0.05) is 6.42 Å². The molecule has 1 saturated carbocycles. The van der Waals surface area contributed by atoms with Gasteiger partial charge in [0.2, 0.25) is 5.56 Å². The van der Waals surface area contributed by atoms with Crippen LogP contribution in [0.5, 0.6) is 0 Å². The lowest BCUT2D eigenvalue weighted by atomic mass is 9.80. The van der Waals surface area contributed by atoms with E-state index in [1.165, 1.54) is 31.5 Å². The molecule has 0 saturated heterocycles. The smallest absolute Gasteiger partial charge is 0.252 e. The van der Waals surface area contributed by atoms with Crippen LogP contribution >= 0.6 is 0 Å². The van der Waals surface area contributed by atoms with Gasteiger partial charge in [0.05, 0.1) is 5.56 Å². The van der Waals surface area contributed by atoms with Crippen molar-refractivity contribution >= 4 is 5.91 Å². The van der Waals surface area contributed by atoms with Gasteiger partial charge in [-0.2, -0.15) is 0 Å². The Morgan fingerprint density at radius 3 is 2.75 bits per heavy atom. The van der Waals surface area contributed by atoms with Crippen LogP contribution in [0.1, 0.15) is 36.5 Å². The quantitative estimate of drug-likeness (QED) is 0.806. The molecule has 4 heteroatoms. The highest BCUT2D eigenvalue weighted by atomic mass is 16.2. The summed E-state index contributed by atoms with van der Waals surface area (Å²) in [6.07, 6.45) is 5.12. The first-order valence-corrected chi connectivity index (χ1v) is 5.66. The highest BCUT2D eigenvalue weighted by Gasteiger charge is 2.25. The van der Waals surface area contributed by atoms with Gasteiger partial charge < -0.3 is 10.3 Å². The third-order valence-electron chi connectivity index (χ3n) is 3.26. The Balaban J connectivity index is 1.96. The number of H-pyrrole nitrogens is 1. The van der Waals surface area contributed by atoms with E-state index in [2.05, 4.69) is 10.3 Å². The summed E-state index contributed by atoms with van der Waals surface area (Å²) in [6.45, 7) is 2.04. The Hall–Kier alpha value is -1.58. The Labute approximate surface area is 94.1 Å². The minimum Gasteiger partial charge on any atom is -0.349 e. The summed E-state index contributed by atoms with van der Waals surface area (Å²) >= 11 is 0. The summed E-state index contributed by atoms with van der Waals surface area (Å²) in [4.78, 5) is 25.1. The normalized spacial score (nSPS) is 17.6. The van der Waals surface area contributed by atoms with E-state index in [9.17, 15) is 9.59 Å². The van der Waals surface area contributed by atoms with Crippen molar-refractivity contribution in [3.05, 3.63) is 34.2 Å². The van der Waals surface area contributed by atoms with Gasteiger partial charge in [-0.3, -0.25) is 9.59 Å². The average molecular weight is 220 g/mol. The number of amides is 1. The summed E-state index contributed by atoms with van der Waals surface area (Å²) in [5.41, 5.74) is 0.314. The molecule has 1 aromatic heterocycles. The molecule has 1 atom stereocenters. The van der Waals surface area contributed by atoms with Gasteiger partial charge in [-0.15, -0.1) is 0 Å². The van der Waals surface area contributed by atoms with Crippen molar-refractivity contribution < 1.29 is 4.79 Å². The molecule has 4 nitrogen and oxygen atoms in total. The molecule has 0 radical (unpaired) electrons. The lowest BCUT2D eigenvalue weighted by Gasteiger charge is -2.31. The van der Waals surface area contributed by atoms with Gasteiger partial charge >= 0.3 is 0 Å². The third kappa shape index (κ3) is 2.32. The first-order valence-electron chi connectivity index (χ1n) is 5.66. The van der Waals surface area contributed by atoms with Gasteiger partial charge in [0.25, 0.3) is 5.91 Å².